The lowest BCUT2D eigenvalue weighted by atomic mass is 9.95. The Morgan fingerprint density at radius 2 is 2.15 bits per heavy atom. The van der Waals surface area contributed by atoms with Crippen molar-refractivity contribution in [3.8, 4) is 0 Å². The zero-order valence-electron chi connectivity index (χ0n) is 7.29. The number of alkyl halides is 1. The first-order chi connectivity index (χ1) is 5.92. The molecule has 0 fully saturated rings. The van der Waals surface area contributed by atoms with Gasteiger partial charge in [0.2, 0.25) is 0 Å². The van der Waals surface area contributed by atoms with Crippen LogP contribution >= 0.6 is 24.0 Å². The summed E-state index contributed by atoms with van der Waals surface area (Å²) in [7, 11) is 0. The van der Waals surface area contributed by atoms with Crippen LogP contribution in [0.4, 0.5) is 0 Å². The lowest BCUT2D eigenvalue weighted by Gasteiger charge is -2.24. The molecule has 2 rings (SSSR count). The highest BCUT2D eigenvalue weighted by Gasteiger charge is 2.17. The zero-order chi connectivity index (χ0) is 8.39. The molecule has 1 nitrogen and oxygen atoms in total. The maximum absolute atomic E-state index is 5.85. The van der Waals surface area contributed by atoms with E-state index in [2.05, 4.69) is 29.6 Å². The van der Waals surface area contributed by atoms with Crippen molar-refractivity contribution in [3.05, 3.63) is 35.4 Å². The maximum Gasteiger partial charge on any atom is 0.0460 e. The summed E-state index contributed by atoms with van der Waals surface area (Å²) >= 11 is 5.85. The molecule has 1 heterocycles. The molecule has 1 unspecified atom stereocenters. The molecule has 0 spiro atoms. The van der Waals surface area contributed by atoms with Crippen LogP contribution in [0.1, 0.15) is 17.2 Å². The predicted molar refractivity (Wildman–Crippen MR) is 58.9 cm³/mol. The summed E-state index contributed by atoms with van der Waals surface area (Å²) in [5, 5.41) is 3.39. The summed E-state index contributed by atoms with van der Waals surface area (Å²) in [6, 6.07) is 8.88. The molecular weight excluding hydrogens is 205 g/mol. The summed E-state index contributed by atoms with van der Waals surface area (Å²) < 4.78 is 0. The fourth-order valence-electron chi connectivity index (χ4n) is 1.73. The smallest absolute Gasteiger partial charge is 0.0460 e. The van der Waals surface area contributed by atoms with Crippen LogP contribution in [0.25, 0.3) is 0 Å². The van der Waals surface area contributed by atoms with Crippen molar-refractivity contribution < 1.29 is 0 Å². The fraction of sp³-hybridized carbons (Fsp3) is 0.400. The number of hydrogen-bond acceptors (Lipinski definition) is 1. The van der Waals surface area contributed by atoms with Gasteiger partial charge in [0.05, 0.1) is 0 Å². The van der Waals surface area contributed by atoms with Gasteiger partial charge in [0.15, 0.2) is 0 Å². The second-order valence-electron chi connectivity index (χ2n) is 3.11. The second kappa shape index (κ2) is 4.85. The summed E-state index contributed by atoms with van der Waals surface area (Å²) in [6.45, 7) is 1.05. The molecule has 1 aliphatic rings. The Labute approximate surface area is 89.9 Å². The largest absolute Gasteiger partial charge is 0.309 e. The van der Waals surface area contributed by atoms with Crippen LogP contribution in [-0.4, -0.2) is 12.4 Å². The molecule has 3 heteroatoms. The van der Waals surface area contributed by atoms with Gasteiger partial charge in [-0.05, 0) is 24.1 Å². The van der Waals surface area contributed by atoms with Gasteiger partial charge in [-0.1, -0.05) is 24.3 Å². The number of halogens is 2. The molecule has 1 N–H and O–H groups in total. The van der Waals surface area contributed by atoms with Gasteiger partial charge in [0, 0.05) is 11.9 Å². The Bertz CT molecular complexity index is 275. The van der Waals surface area contributed by atoms with Gasteiger partial charge in [-0.15, -0.1) is 24.0 Å². The topological polar surface area (TPSA) is 12.0 Å². The molecule has 0 aromatic heterocycles. The molecule has 0 saturated carbocycles. The molecule has 1 atom stereocenters. The predicted octanol–water partition coefficient (Wildman–Crippen LogP) is 2.53. The van der Waals surface area contributed by atoms with Crippen LogP contribution in [0, 0.1) is 0 Å². The molecule has 13 heavy (non-hydrogen) atoms. The van der Waals surface area contributed by atoms with Gasteiger partial charge in [0.25, 0.3) is 0 Å². The molecule has 1 aliphatic heterocycles. The van der Waals surface area contributed by atoms with E-state index < -0.39 is 0 Å². The molecule has 0 amide bonds. The van der Waals surface area contributed by atoms with E-state index in [1.54, 1.807) is 0 Å². The van der Waals surface area contributed by atoms with E-state index in [-0.39, 0.29) is 12.4 Å². The minimum Gasteiger partial charge on any atom is -0.309 e. The maximum atomic E-state index is 5.85. The summed E-state index contributed by atoms with van der Waals surface area (Å²) in [5.74, 6) is 0.664. The molecule has 72 valence electrons. The SMILES string of the molecule is Cl.ClCC1NCCc2ccccc21. The van der Waals surface area contributed by atoms with Crippen molar-refractivity contribution in [2.45, 2.75) is 12.5 Å². The molecule has 1 aromatic rings. The van der Waals surface area contributed by atoms with Crippen molar-refractivity contribution in [2.75, 3.05) is 12.4 Å². The lowest BCUT2D eigenvalue weighted by molar-refractivity contribution is 0.545. The Balaban J connectivity index is 0.000000845. The van der Waals surface area contributed by atoms with E-state index in [0.29, 0.717) is 11.9 Å². The monoisotopic (exact) mass is 217 g/mol. The Hall–Kier alpha value is -0.240. The fourth-order valence-corrected chi connectivity index (χ4v) is 2.01. The van der Waals surface area contributed by atoms with Crippen molar-refractivity contribution in [2.24, 2.45) is 0 Å². The number of nitrogens with one attached hydrogen (secondary N) is 1. The number of hydrogen-bond donors (Lipinski definition) is 1. The van der Waals surface area contributed by atoms with E-state index in [0.717, 1.165) is 13.0 Å². The van der Waals surface area contributed by atoms with Crippen molar-refractivity contribution in [1.82, 2.24) is 5.32 Å². The number of rotatable bonds is 1. The summed E-state index contributed by atoms with van der Waals surface area (Å²) in [6.07, 6.45) is 1.13. The van der Waals surface area contributed by atoms with Crippen molar-refractivity contribution in [1.29, 1.82) is 0 Å². The highest BCUT2D eigenvalue weighted by atomic mass is 35.5. The lowest BCUT2D eigenvalue weighted by Crippen LogP contribution is -2.30. The third kappa shape index (κ3) is 2.16. The first-order valence-corrected chi connectivity index (χ1v) is 4.82. The first-order valence-electron chi connectivity index (χ1n) is 4.29. The number of fused-ring (bicyclic) bond motifs is 1. The van der Waals surface area contributed by atoms with Gasteiger partial charge in [-0.25, -0.2) is 0 Å². The molecule has 0 radical (unpaired) electrons. The van der Waals surface area contributed by atoms with Gasteiger partial charge in [-0.2, -0.15) is 0 Å². The van der Waals surface area contributed by atoms with Crippen LogP contribution in [-0.2, 0) is 6.42 Å². The van der Waals surface area contributed by atoms with Crippen molar-refractivity contribution in [3.63, 3.8) is 0 Å². The third-order valence-corrected chi connectivity index (χ3v) is 2.68. The Kier molecular flexibility index (Phi) is 4.04. The molecule has 0 bridgehead atoms. The van der Waals surface area contributed by atoms with E-state index >= 15 is 0 Å². The third-order valence-electron chi connectivity index (χ3n) is 2.37. The van der Waals surface area contributed by atoms with Gasteiger partial charge in [-0.3, -0.25) is 0 Å². The normalized spacial score (nSPS) is 20.2. The Morgan fingerprint density at radius 1 is 1.38 bits per heavy atom. The summed E-state index contributed by atoms with van der Waals surface area (Å²) in [5.41, 5.74) is 2.82. The quantitative estimate of drug-likeness (QED) is 0.714. The van der Waals surface area contributed by atoms with Crippen LogP contribution in [0.5, 0.6) is 0 Å². The van der Waals surface area contributed by atoms with Crippen LogP contribution in [0.3, 0.4) is 0 Å². The van der Waals surface area contributed by atoms with Crippen LogP contribution in [0.15, 0.2) is 24.3 Å². The zero-order valence-corrected chi connectivity index (χ0v) is 8.87. The molecule has 0 saturated heterocycles. The van der Waals surface area contributed by atoms with Crippen LogP contribution < -0.4 is 5.32 Å². The van der Waals surface area contributed by atoms with Crippen LogP contribution in [0.2, 0.25) is 0 Å². The minimum atomic E-state index is 0. The highest BCUT2D eigenvalue weighted by molar-refractivity contribution is 6.18. The number of benzene rings is 1. The van der Waals surface area contributed by atoms with Gasteiger partial charge in [0.1, 0.15) is 0 Å². The molecule has 1 aromatic carbocycles. The van der Waals surface area contributed by atoms with E-state index in [4.69, 9.17) is 11.6 Å². The molecule has 0 aliphatic carbocycles. The van der Waals surface area contributed by atoms with Crippen molar-refractivity contribution >= 4 is 24.0 Å². The van der Waals surface area contributed by atoms with E-state index in [1.807, 2.05) is 0 Å². The summed E-state index contributed by atoms with van der Waals surface area (Å²) in [4.78, 5) is 0. The van der Waals surface area contributed by atoms with E-state index in [9.17, 15) is 0 Å². The highest BCUT2D eigenvalue weighted by Crippen LogP contribution is 2.22. The van der Waals surface area contributed by atoms with E-state index in [1.165, 1.54) is 11.1 Å². The average molecular weight is 218 g/mol. The first kappa shape index (κ1) is 10.8. The van der Waals surface area contributed by atoms with Gasteiger partial charge < -0.3 is 5.32 Å². The molecular formula is C10H13Cl2N. The minimum absolute atomic E-state index is 0. The standard InChI is InChI=1S/C10H12ClN.ClH/c11-7-10-9-4-2-1-3-8(9)5-6-12-10;/h1-4,10,12H,5-7H2;1H. The average Bonchev–Trinajstić information content (AvgIpc) is 2.17. The Morgan fingerprint density at radius 3 is 2.92 bits per heavy atom. The second-order valence-corrected chi connectivity index (χ2v) is 3.42. The van der Waals surface area contributed by atoms with Gasteiger partial charge >= 0.3 is 0 Å².